The molecule has 1 saturated carbocycles. The first-order chi connectivity index (χ1) is 11.1. The Hall–Kier alpha value is -2.00. The molecular weight excluding hydrogens is 310 g/mol. The number of hydrogen-bond donors (Lipinski definition) is 2. The number of anilines is 1. The summed E-state index contributed by atoms with van der Waals surface area (Å²) in [6.45, 7) is 0.689. The molecule has 0 aliphatic heterocycles. The molecule has 0 saturated heterocycles. The topological polar surface area (TPSA) is 49.3 Å². The van der Waals surface area contributed by atoms with Crippen LogP contribution < -0.4 is 5.32 Å². The van der Waals surface area contributed by atoms with E-state index in [2.05, 4.69) is 17.4 Å². The predicted octanol–water partition coefficient (Wildman–Crippen LogP) is 4.61. The van der Waals surface area contributed by atoms with Crippen LogP contribution in [0.15, 0.2) is 48.5 Å². The maximum Gasteiger partial charge on any atom is 0.307 e. The van der Waals surface area contributed by atoms with E-state index >= 15 is 0 Å². The number of aliphatic carboxylic acids is 1. The Morgan fingerprint density at radius 1 is 1.17 bits per heavy atom. The molecule has 3 nitrogen and oxygen atoms in total. The Balaban J connectivity index is 1.69. The Morgan fingerprint density at radius 3 is 2.57 bits per heavy atom. The Labute approximate surface area is 141 Å². The third kappa shape index (κ3) is 4.26. The minimum absolute atomic E-state index is 0.279. The fourth-order valence-corrected chi connectivity index (χ4v) is 3.02. The Morgan fingerprint density at radius 2 is 1.91 bits per heavy atom. The summed E-state index contributed by atoms with van der Waals surface area (Å²) in [5.74, 6) is -0.636. The summed E-state index contributed by atoms with van der Waals surface area (Å²) < 4.78 is 0. The van der Waals surface area contributed by atoms with Gasteiger partial charge < -0.3 is 10.4 Å². The smallest absolute Gasteiger partial charge is 0.307 e. The number of carboxylic acids is 1. The van der Waals surface area contributed by atoms with Crippen molar-refractivity contribution in [2.24, 2.45) is 11.8 Å². The maximum absolute atomic E-state index is 11.4. The lowest BCUT2D eigenvalue weighted by Crippen LogP contribution is -2.18. The van der Waals surface area contributed by atoms with Gasteiger partial charge in [-0.05, 0) is 48.4 Å². The van der Waals surface area contributed by atoms with Crippen LogP contribution in [-0.2, 0) is 17.8 Å². The molecule has 0 amide bonds. The fourth-order valence-electron chi connectivity index (χ4n) is 2.84. The van der Waals surface area contributed by atoms with Gasteiger partial charge in [-0.25, -0.2) is 0 Å². The standard InChI is InChI=1S/C19H20ClNO2/c20-17-9-6-14(10-16(19(22)23)15-7-8-15)11-18(17)21-12-13-4-2-1-3-5-13/h1-6,9,11,15-16,21H,7-8,10,12H2,(H,22,23). The van der Waals surface area contributed by atoms with Gasteiger partial charge in [0.05, 0.1) is 16.6 Å². The predicted molar refractivity (Wildman–Crippen MR) is 92.8 cm³/mol. The van der Waals surface area contributed by atoms with Crippen molar-refractivity contribution in [1.29, 1.82) is 0 Å². The number of benzene rings is 2. The Bertz CT molecular complexity index is 683. The van der Waals surface area contributed by atoms with Gasteiger partial charge in [-0.1, -0.05) is 48.0 Å². The molecule has 0 aromatic heterocycles. The first-order valence-corrected chi connectivity index (χ1v) is 8.30. The summed E-state index contributed by atoms with van der Waals surface area (Å²) in [6, 6.07) is 15.8. The van der Waals surface area contributed by atoms with E-state index in [-0.39, 0.29) is 5.92 Å². The molecule has 1 aliphatic rings. The van der Waals surface area contributed by atoms with Crippen molar-refractivity contribution in [2.45, 2.75) is 25.8 Å². The molecule has 0 spiro atoms. The zero-order valence-corrected chi connectivity index (χ0v) is 13.6. The quantitative estimate of drug-likeness (QED) is 0.780. The third-order valence-electron chi connectivity index (χ3n) is 4.32. The number of nitrogens with one attached hydrogen (secondary N) is 1. The van der Waals surface area contributed by atoms with Gasteiger partial charge in [-0.3, -0.25) is 4.79 Å². The van der Waals surface area contributed by atoms with Gasteiger partial charge in [0.15, 0.2) is 0 Å². The summed E-state index contributed by atoms with van der Waals surface area (Å²) in [6.07, 6.45) is 2.63. The summed E-state index contributed by atoms with van der Waals surface area (Å²) >= 11 is 6.26. The van der Waals surface area contributed by atoms with E-state index in [0.29, 0.717) is 23.9 Å². The van der Waals surface area contributed by atoms with Crippen molar-refractivity contribution in [3.05, 3.63) is 64.7 Å². The zero-order chi connectivity index (χ0) is 16.2. The maximum atomic E-state index is 11.4. The molecular formula is C19H20ClNO2. The van der Waals surface area contributed by atoms with E-state index in [1.165, 1.54) is 5.56 Å². The van der Waals surface area contributed by atoms with Crippen LogP contribution in [0.3, 0.4) is 0 Å². The highest BCUT2D eigenvalue weighted by molar-refractivity contribution is 6.33. The first kappa shape index (κ1) is 15.9. The molecule has 1 atom stereocenters. The molecule has 2 aromatic rings. The molecule has 2 aromatic carbocycles. The molecule has 3 rings (SSSR count). The summed E-state index contributed by atoms with van der Waals surface area (Å²) in [5.41, 5.74) is 3.05. The second kappa shape index (κ2) is 7.05. The molecule has 4 heteroatoms. The minimum atomic E-state index is -0.693. The fraction of sp³-hybridized carbons (Fsp3) is 0.316. The SMILES string of the molecule is O=C(O)C(Cc1ccc(Cl)c(NCc2ccccc2)c1)C1CC1. The van der Waals surface area contributed by atoms with Crippen LogP contribution >= 0.6 is 11.6 Å². The molecule has 120 valence electrons. The van der Waals surface area contributed by atoms with Crippen LogP contribution in [0.2, 0.25) is 5.02 Å². The van der Waals surface area contributed by atoms with Crippen LogP contribution in [-0.4, -0.2) is 11.1 Å². The molecule has 0 heterocycles. The number of halogens is 1. The van der Waals surface area contributed by atoms with Crippen LogP contribution in [0.25, 0.3) is 0 Å². The lowest BCUT2D eigenvalue weighted by molar-refractivity contribution is -0.142. The lowest BCUT2D eigenvalue weighted by atomic mass is 9.94. The number of carbonyl (C=O) groups is 1. The average molecular weight is 330 g/mol. The van der Waals surface area contributed by atoms with Crippen molar-refractivity contribution in [2.75, 3.05) is 5.32 Å². The number of hydrogen-bond acceptors (Lipinski definition) is 2. The highest BCUT2D eigenvalue weighted by Gasteiger charge is 2.36. The molecule has 0 radical (unpaired) electrons. The summed E-state index contributed by atoms with van der Waals surface area (Å²) in [5, 5.41) is 13.4. The van der Waals surface area contributed by atoms with E-state index < -0.39 is 5.97 Å². The van der Waals surface area contributed by atoms with Crippen LogP contribution in [0.5, 0.6) is 0 Å². The highest BCUT2D eigenvalue weighted by atomic mass is 35.5. The minimum Gasteiger partial charge on any atom is -0.481 e. The van der Waals surface area contributed by atoms with Crippen LogP contribution in [0.4, 0.5) is 5.69 Å². The molecule has 2 N–H and O–H groups in total. The first-order valence-electron chi connectivity index (χ1n) is 7.92. The Kier molecular flexibility index (Phi) is 4.87. The van der Waals surface area contributed by atoms with Crippen molar-refractivity contribution < 1.29 is 9.90 Å². The van der Waals surface area contributed by atoms with Crippen LogP contribution in [0, 0.1) is 11.8 Å². The van der Waals surface area contributed by atoms with Crippen molar-refractivity contribution in [1.82, 2.24) is 0 Å². The van der Waals surface area contributed by atoms with E-state index in [0.717, 1.165) is 24.1 Å². The normalized spacial score (nSPS) is 15.2. The summed E-state index contributed by atoms with van der Waals surface area (Å²) in [7, 11) is 0. The second-order valence-corrected chi connectivity index (χ2v) is 6.55. The summed E-state index contributed by atoms with van der Waals surface area (Å²) in [4.78, 5) is 11.4. The van der Waals surface area contributed by atoms with Gasteiger partial charge >= 0.3 is 5.97 Å². The largest absolute Gasteiger partial charge is 0.481 e. The number of carboxylic acid groups (broad SMARTS) is 1. The van der Waals surface area contributed by atoms with Crippen molar-refractivity contribution >= 4 is 23.3 Å². The van der Waals surface area contributed by atoms with E-state index in [9.17, 15) is 9.90 Å². The van der Waals surface area contributed by atoms with Gasteiger partial charge in [-0.15, -0.1) is 0 Å². The van der Waals surface area contributed by atoms with Gasteiger partial charge in [0, 0.05) is 6.54 Å². The molecule has 0 bridgehead atoms. The van der Waals surface area contributed by atoms with E-state index in [4.69, 9.17) is 11.6 Å². The monoisotopic (exact) mass is 329 g/mol. The number of rotatable bonds is 7. The second-order valence-electron chi connectivity index (χ2n) is 6.14. The molecule has 23 heavy (non-hydrogen) atoms. The van der Waals surface area contributed by atoms with Gasteiger partial charge in [-0.2, -0.15) is 0 Å². The van der Waals surface area contributed by atoms with Crippen molar-refractivity contribution in [3.8, 4) is 0 Å². The van der Waals surface area contributed by atoms with Gasteiger partial charge in [0.2, 0.25) is 0 Å². The molecule has 1 unspecified atom stereocenters. The van der Waals surface area contributed by atoms with Gasteiger partial charge in [0.1, 0.15) is 0 Å². The van der Waals surface area contributed by atoms with E-state index in [1.54, 1.807) is 0 Å². The third-order valence-corrected chi connectivity index (χ3v) is 4.65. The average Bonchev–Trinajstić information content (AvgIpc) is 3.38. The lowest BCUT2D eigenvalue weighted by Gasteiger charge is -2.14. The highest BCUT2D eigenvalue weighted by Crippen LogP contribution is 2.39. The van der Waals surface area contributed by atoms with E-state index in [1.807, 2.05) is 36.4 Å². The molecule has 1 fully saturated rings. The van der Waals surface area contributed by atoms with Crippen molar-refractivity contribution in [3.63, 3.8) is 0 Å². The molecule has 1 aliphatic carbocycles. The van der Waals surface area contributed by atoms with Crippen LogP contribution in [0.1, 0.15) is 24.0 Å². The van der Waals surface area contributed by atoms with Gasteiger partial charge in [0.25, 0.3) is 0 Å². The zero-order valence-electron chi connectivity index (χ0n) is 12.8.